The number of halogens is 6. The molecule has 0 aromatic heterocycles. The molecule has 0 aromatic rings. The maximum Gasteiger partial charge on any atom is 0.426 e. The number of carbonyl (C=O) groups is 7. The molecule has 350 valence electrons. The zero-order chi connectivity index (χ0) is 47.2. The van der Waals surface area contributed by atoms with Crippen molar-refractivity contribution >= 4 is 41.8 Å². The van der Waals surface area contributed by atoms with Crippen LogP contribution in [0, 0.1) is 92.7 Å². The van der Waals surface area contributed by atoms with E-state index in [0.29, 0.717) is 6.42 Å². The molecule has 0 amide bonds. The minimum absolute atomic E-state index is 0.0317. The Bertz CT molecular complexity index is 1840. The molecule has 0 spiro atoms. The van der Waals surface area contributed by atoms with Crippen LogP contribution in [-0.2, 0) is 52.5 Å². The van der Waals surface area contributed by atoms with Gasteiger partial charge < -0.3 is 29.2 Å². The van der Waals surface area contributed by atoms with Gasteiger partial charge >= 0.3 is 54.1 Å². The molecule has 2 saturated heterocycles. The number of aliphatic carboxylic acids is 1. The SMILES string of the molecule is COC(=O)C(C)(C)CC1C(=O)OC(=O)C1C1(C)C(C)C2CC(C(=O)O)C1C2.COC(=O)C(C)(C)CC1C(=O)OC(=O)C1C1(C)C(C)C2CC(CC(O)(C(F)(F)F)C(F)(F)F)C1C2. The Hall–Kier alpha value is -3.77. The Morgan fingerprint density at radius 2 is 1.02 bits per heavy atom. The van der Waals surface area contributed by atoms with Gasteiger partial charge in [-0.25, -0.2) is 0 Å². The Kier molecular flexibility index (Phi) is 12.7. The summed E-state index contributed by atoms with van der Waals surface area (Å²) in [5, 5.41) is 19.4. The lowest BCUT2D eigenvalue weighted by Crippen LogP contribution is -2.59. The van der Waals surface area contributed by atoms with Crippen LogP contribution in [-0.4, -0.2) is 84.2 Å². The van der Waals surface area contributed by atoms with Gasteiger partial charge in [-0.05, 0) is 125 Å². The van der Waals surface area contributed by atoms with Gasteiger partial charge in [-0.2, -0.15) is 26.3 Å². The van der Waals surface area contributed by atoms with Crippen molar-refractivity contribution in [3.63, 3.8) is 0 Å². The molecule has 6 fully saturated rings. The summed E-state index contributed by atoms with van der Waals surface area (Å²) in [6.07, 6.45) is -11.8. The molecule has 4 bridgehead atoms. The lowest BCUT2D eigenvalue weighted by Gasteiger charge is -2.49. The molecular weight excluding hydrogens is 838 g/mol. The molecule has 2 N–H and O–H groups in total. The monoisotopic (exact) mass is 896 g/mol. The Morgan fingerprint density at radius 1 is 0.645 bits per heavy atom. The average molecular weight is 897 g/mol. The third-order valence-corrected chi connectivity index (χ3v) is 16.7. The van der Waals surface area contributed by atoms with Crippen LogP contribution >= 0.6 is 0 Å². The van der Waals surface area contributed by atoms with Crippen molar-refractivity contribution in [1.82, 2.24) is 0 Å². The first-order chi connectivity index (χ1) is 28.2. The highest BCUT2D eigenvalue weighted by molar-refractivity contribution is 5.98. The number of methoxy groups -OCH3 is 2. The second-order valence-corrected chi connectivity index (χ2v) is 20.6. The molecule has 6 rings (SSSR count). The van der Waals surface area contributed by atoms with Crippen molar-refractivity contribution in [3.8, 4) is 0 Å². The molecule has 4 saturated carbocycles. The van der Waals surface area contributed by atoms with Crippen LogP contribution in [0.3, 0.4) is 0 Å². The number of hydrogen-bond acceptors (Lipinski definition) is 12. The van der Waals surface area contributed by atoms with Crippen molar-refractivity contribution in [2.45, 2.75) is 118 Å². The van der Waals surface area contributed by atoms with E-state index in [2.05, 4.69) is 0 Å². The van der Waals surface area contributed by atoms with E-state index in [1.807, 2.05) is 13.8 Å². The van der Waals surface area contributed by atoms with Gasteiger partial charge in [-0.15, -0.1) is 0 Å². The van der Waals surface area contributed by atoms with Gasteiger partial charge in [-0.1, -0.05) is 27.7 Å². The summed E-state index contributed by atoms with van der Waals surface area (Å²) < 4.78 is 99.9. The van der Waals surface area contributed by atoms with Gasteiger partial charge in [-0.3, -0.25) is 33.6 Å². The second kappa shape index (κ2) is 16.0. The van der Waals surface area contributed by atoms with E-state index in [9.17, 15) is 70.1 Å². The molecule has 4 aliphatic carbocycles. The number of cyclic esters (lactones) is 4. The Morgan fingerprint density at radius 3 is 1.35 bits per heavy atom. The highest BCUT2D eigenvalue weighted by Gasteiger charge is 2.74. The number of rotatable bonds is 11. The molecule has 2 aliphatic heterocycles. The predicted molar refractivity (Wildman–Crippen MR) is 200 cm³/mol. The number of carbonyl (C=O) groups excluding carboxylic acids is 6. The minimum Gasteiger partial charge on any atom is -0.481 e. The standard InChI is InChI=1S/C23H30F6O6.C20H28O7/c1-10-11-6-12(8-21(33,22(24,25)26)23(27,28)29)14(7-11)20(10,4)15-13(16(30)35-17(15)31)9-19(2,3)18(32)34-5;1-9-10-6-11(15(21)22)13(7-10)20(9,4)14-12(16(23)27-17(14)24)8-19(2,3)18(25)26-5/h10-15,33H,6-9H2,1-5H3;9-14H,6-8H2,1-5H3,(H,21,22). The van der Waals surface area contributed by atoms with Crippen LogP contribution in [0.25, 0.3) is 0 Å². The number of hydrogen-bond donors (Lipinski definition) is 2. The highest BCUT2D eigenvalue weighted by atomic mass is 19.4. The molecule has 6 aliphatic rings. The summed E-state index contributed by atoms with van der Waals surface area (Å²) in [6, 6.07) is 0. The summed E-state index contributed by atoms with van der Waals surface area (Å²) in [6.45, 7) is 13.7. The van der Waals surface area contributed by atoms with E-state index in [1.54, 1.807) is 27.7 Å². The third kappa shape index (κ3) is 7.70. The van der Waals surface area contributed by atoms with E-state index < -0.39 is 129 Å². The van der Waals surface area contributed by atoms with Gasteiger partial charge in [0.05, 0.1) is 54.6 Å². The van der Waals surface area contributed by atoms with Crippen LogP contribution in [0.4, 0.5) is 26.3 Å². The first-order valence-corrected chi connectivity index (χ1v) is 20.9. The summed E-state index contributed by atoms with van der Waals surface area (Å²) >= 11 is 0. The van der Waals surface area contributed by atoms with Crippen LogP contribution in [0.15, 0.2) is 0 Å². The lowest BCUT2D eigenvalue weighted by atomic mass is 9.54. The summed E-state index contributed by atoms with van der Waals surface area (Å²) in [7, 11) is 2.45. The molecule has 2 heterocycles. The normalized spacial score (nSPS) is 38.1. The van der Waals surface area contributed by atoms with Crippen molar-refractivity contribution in [2.75, 3.05) is 14.2 Å². The lowest BCUT2D eigenvalue weighted by molar-refractivity contribution is -0.374. The summed E-state index contributed by atoms with van der Waals surface area (Å²) in [5.74, 6) is -11.7. The molecule has 19 heteroatoms. The smallest absolute Gasteiger partial charge is 0.426 e. The topological polar surface area (TPSA) is 197 Å². The zero-order valence-corrected chi connectivity index (χ0v) is 36.5. The van der Waals surface area contributed by atoms with Gasteiger partial charge in [0.2, 0.25) is 0 Å². The van der Waals surface area contributed by atoms with Crippen molar-refractivity contribution in [3.05, 3.63) is 0 Å². The van der Waals surface area contributed by atoms with E-state index in [0.717, 1.165) is 13.5 Å². The minimum atomic E-state index is -5.94. The van der Waals surface area contributed by atoms with E-state index in [4.69, 9.17) is 18.9 Å². The first kappa shape index (κ1) is 49.2. The maximum atomic E-state index is 13.4. The maximum absolute atomic E-state index is 13.4. The molecule has 62 heavy (non-hydrogen) atoms. The van der Waals surface area contributed by atoms with Crippen LogP contribution in [0.5, 0.6) is 0 Å². The summed E-state index contributed by atoms with van der Waals surface area (Å²) in [5.41, 5.74) is -8.87. The molecule has 13 nitrogen and oxygen atoms in total. The van der Waals surface area contributed by atoms with E-state index in [-0.39, 0.29) is 55.3 Å². The highest BCUT2D eigenvalue weighted by Crippen LogP contribution is 2.70. The molecule has 14 unspecified atom stereocenters. The Labute approximate surface area is 355 Å². The number of aliphatic hydroxyl groups is 1. The van der Waals surface area contributed by atoms with E-state index in [1.165, 1.54) is 21.0 Å². The molecule has 14 atom stereocenters. The predicted octanol–water partition coefficient (Wildman–Crippen LogP) is 6.71. The van der Waals surface area contributed by atoms with E-state index >= 15 is 0 Å². The number of carboxylic acids is 1. The fourth-order valence-electron chi connectivity index (χ4n) is 13.2. The number of fused-ring (bicyclic) bond motifs is 4. The van der Waals surface area contributed by atoms with Crippen LogP contribution in [0.2, 0.25) is 0 Å². The first-order valence-electron chi connectivity index (χ1n) is 20.9. The van der Waals surface area contributed by atoms with Gasteiger partial charge in [0.1, 0.15) is 0 Å². The number of carboxylic acid groups (broad SMARTS) is 1. The number of ether oxygens (including phenoxy) is 4. The summed E-state index contributed by atoms with van der Waals surface area (Å²) in [4.78, 5) is 86.8. The zero-order valence-electron chi connectivity index (χ0n) is 36.5. The fraction of sp³-hybridized carbons (Fsp3) is 0.837. The fourth-order valence-corrected chi connectivity index (χ4v) is 13.2. The second-order valence-electron chi connectivity index (χ2n) is 20.6. The van der Waals surface area contributed by atoms with Crippen molar-refractivity contribution in [2.24, 2.45) is 92.7 Å². The van der Waals surface area contributed by atoms with Crippen LogP contribution < -0.4 is 0 Å². The number of esters is 6. The molecule has 0 radical (unpaired) electrons. The van der Waals surface area contributed by atoms with Crippen molar-refractivity contribution < 1.29 is 89.1 Å². The largest absolute Gasteiger partial charge is 0.481 e. The quantitative estimate of drug-likeness (QED) is 0.0962. The van der Waals surface area contributed by atoms with Gasteiger partial charge in [0, 0.05) is 0 Å². The Balaban J connectivity index is 0.000000242. The molecular formula is C43H58F6O13. The number of alkyl halides is 6. The van der Waals surface area contributed by atoms with Crippen LogP contribution in [0.1, 0.15) is 100 Å². The van der Waals surface area contributed by atoms with Gasteiger partial charge in [0.15, 0.2) is 0 Å². The molecule has 0 aromatic carbocycles. The van der Waals surface area contributed by atoms with Crippen molar-refractivity contribution in [1.29, 1.82) is 0 Å². The van der Waals surface area contributed by atoms with Gasteiger partial charge in [0.25, 0.3) is 5.60 Å². The average Bonchev–Trinajstić information content (AvgIpc) is 3.98. The third-order valence-electron chi connectivity index (χ3n) is 16.7.